The summed E-state index contributed by atoms with van der Waals surface area (Å²) in [5, 5.41) is 12.3. The number of carbonyl (C=O) groups is 3. The van der Waals surface area contributed by atoms with Gasteiger partial charge in [0, 0.05) is 3.57 Å². The lowest BCUT2D eigenvalue weighted by Gasteiger charge is -2.40. The molecule has 1 aliphatic rings. The zero-order valence-electron chi connectivity index (χ0n) is 11.2. The summed E-state index contributed by atoms with van der Waals surface area (Å²) in [4.78, 5) is 37.3. The van der Waals surface area contributed by atoms with Gasteiger partial charge < -0.3 is 10.0 Å². The van der Waals surface area contributed by atoms with Crippen molar-refractivity contribution in [2.24, 2.45) is 0 Å². The first-order chi connectivity index (χ1) is 9.64. The molecule has 0 aliphatic carbocycles. The molecule has 0 aromatic heterocycles. The highest BCUT2D eigenvalue weighted by Gasteiger charge is 2.44. The highest BCUT2D eigenvalue weighted by molar-refractivity contribution is 14.1. The third-order valence-electron chi connectivity index (χ3n) is 3.29. The van der Waals surface area contributed by atoms with Crippen LogP contribution in [0.3, 0.4) is 0 Å². The van der Waals surface area contributed by atoms with Gasteiger partial charge in [0.1, 0.15) is 17.8 Å². The van der Waals surface area contributed by atoms with Crippen LogP contribution in [0.5, 0.6) is 5.75 Å². The Labute approximate surface area is 148 Å². The summed E-state index contributed by atoms with van der Waals surface area (Å²) in [5.41, 5.74) is -1.08. The van der Waals surface area contributed by atoms with Gasteiger partial charge in [-0.25, -0.2) is 0 Å². The van der Waals surface area contributed by atoms with E-state index in [2.05, 4.69) is 5.32 Å². The van der Waals surface area contributed by atoms with Gasteiger partial charge in [0.15, 0.2) is 0 Å². The van der Waals surface area contributed by atoms with Crippen LogP contribution in [0.2, 0.25) is 0 Å². The minimum atomic E-state index is -1.16. The van der Waals surface area contributed by atoms with Crippen molar-refractivity contribution < 1.29 is 19.5 Å². The van der Waals surface area contributed by atoms with E-state index >= 15 is 0 Å². The van der Waals surface area contributed by atoms with Crippen molar-refractivity contribution in [1.82, 2.24) is 10.2 Å². The molecule has 1 aromatic carbocycles. The molecule has 112 valence electrons. The molecule has 0 saturated carbocycles. The van der Waals surface area contributed by atoms with E-state index in [0.29, 0.717) is 3.57 Å². The minimum absolute atomic E-state index is 0.0851. The van der Waals surface area contributed by atoms with Crippen molar-refractivity contribution >= 4 is 62.9 Å². The molecule has 1 aliphatic heterocycles. The van der Waals surface area contributed by atoms with Crippen molar-refractivity contribution in [3.05, 3.63) is 24.8 Å². The number of halogens is 2. The second-order valence-electron chi connectivity index (χ2n) is 5.11. The number of rotatable bonds is 1. The Morgan fingerprint density at radius 2 is 1.95 bits per heavy atom. The molecule has 8 heteroatoms. The Bertz CT molecular complexity index is 658. The molecule has 2 N–H and O–H groups in total. The zero-order chi connectivity index (χ0) is 15.9. The second-order valence-corrected chi connectivity index (χ2v) is 7.52. The maximum absolute atomic E-state index is 12.7. The number of imide groups is 1. The van der Waals surface area contributed by atoms with Crippen molar-refractivity contribution in [2.75, 3.05) is 6.54 Å². The van der Waals surface area contributed by atoms with Crippen LogP contribution in [-0.2, 0) is 9.59 Å². The standard InChI is InChI=1S/C13H12I2N2O4/c1-13(2)12(21)16-9(18)5-17(13)11(20)7-3-6(14)4-8(15)10(7)19/h3-4,19H,5H2,1-2H3,(H,16,18,21). The van der Waals surface area contributed by atoms with E-state index in [9.17, 15) is 19.5 Å². The van der Waals surface area contributed by atoms with Gasteiger partial charge in [-0.2, -0.15) is 0 Å². The molecule has 3 amide bonds. The van der Waals surface area contributed by atoms with Gasteiger partial charge in [-0.1, -0.05) is 0 Å². The number of benzene rings is 1. The number of carbonyl (C=O) groups excluding carboxylic acids is 3. The number of phenolic OH excluding ortho intramolecular Hbond substituents is 1. The molecule has 0 unspecified atom stereocenters. The predicted octanol–water partition coefficient (Wildman–Crippen LogP) is 1.48. The molecular weight excluding hydrogens is 502 g/mol. The van der Waals surface area contributed by atoms with Crippen LogP contribution in [-0.4, -0.2) is 39.8 Å². The Morgan fingerprint density at radius 1 is 1.33 bits per heavy atom. The molecule has 1 saturated heterocycles. The number of aromatic hydroxyl groups is 1. The van der Waals surface area contributed by atoms with E-state index in [-0.39, 0.29) is 17.9 Å². The molecule has 0 bridgehead atoms. The average Bonchev–Trinajstić information content (AvgIpc) is 2.37. The second kappa shape index (κ2) is 5.71. The van der Waals surface area contributed by atoms with Crippen LogP contribution in [0, 0.1) is 7.14 Å². The third kappa shape index (κ3) is 3.00. The zero-order valence-corrected chi connectivity index (χ0v) is 15.6. The quantitative estimate of drug-likeness (QED) is 0.440. The highest BCUT2D eigenvalue weighted by atomic mass is 127. The van der Waals surface area contributed by atoms with Gasteiger partial charge in [-0.05, 0) is 71.2 Å². The first kappa shape index (κ1) is 16.5. The van der Waals surface area contributed by atoms with Gasteiger partial charge >= 0.3 is 0 Å². The fourth-order valence-corrected chi connectivity index (χ4v) is 3.83. The Balaban J connectivity index is 2.48. The summed E-state index contributed by atoms with van der Waals surface area (Å²) in [5.74, 6) is -1.76. The highest BCUT2D eigenvalue weighted by Crippen LogP contribution is 2.30. The molecule has 1 aromatic rings. The maximum atomic E-state index is 12.7. The van der Waals surface area contributed by atoms with Crippen LogP contribution in [0.4, 0.5) is 0 Å². The molecule has 1 fully saturated rings. The largest absolute Gasteiger partial charge is 0.506 e. The number of amides is 3. The van der Waals surface area contributed by atoms with Gasteiger partial charge in [0.05, 0.1) is 9.13 Å². The maximum Gasteiger partial charge on any atom is 0.259 e. The van der Waals surface area contributed by atoms with Crippen LogP contribution in [0.15, 0.2) is 12.1 Å². The van der Waals surface area contributed by atoms with Crippen molar-refractivity contribution in [3.8, 4) is 5.75 Å². The Hall–Kier alpha value is -0.910. The predicted molar refractivity (Wildman–Crippen MR) is 91.8 cm³/mol. The summed E-state index contributed by atoms with van der Waals surface area (Å²) < 4.78 is 1.32. The normalized spacial score (nSPS) is 17.6. The van der Waals surface area contributed by atoms with E-state index in [4.69, 9.17) is 0 Å². The number of hydrogen-bond acceptors (Lipinski definition) is 4. The Morgan fingerprint density at radius 3 is 2.57 bits per heavy atom. The molecule has 21 heavy (non-hydrogen) atoms. The summed E-state index contributed by atoms with van der Waals surface area (Å²) in [7, 11) is 0. The number of piperazine rings is 1. The molecule has 0 atom stereocenters. The Kier molecular flexibility index (Phi) is 4.47. The summed E-state index contributed by atoms with van der Waals surface area (Å²) in [6.45, 7) is 2.89. The van der Waals surface area contributed by atoms with E-state index in [1.54, 1.807) is 19.9 Å². The van der Waals surface area contributed by atoms with Crippen molar-refractivity contribution in [1.29, 1.82) is 0 Å². The first-order valence-corrected chi connectivity index (χ1v) is 8.14. The van der Waals surface area contributed by atoms with Gasteiger partial charge in [-0.15, -0.1) is 0 Å². The first-order valence-electron chi connectivity index (χ1n) is 5.99. The van der Waals surface area contributed by atoms with E-state index < -0.39 is 23.3 Å². The number of nitrogens with zero attached hydrogens (tertiary/aromatic N) is 1. The number of nitrogens with one attached hydrogen (secondary N) is 1. The lowest BCUT2D eigenvalue weighted by Crippen LogP contribution is -2.65. The molecule has 2 rings (SSSR count). The lowest BCUT2D eigenvalue weighted by atomic mass is 9.97. The smallest absolute Gasteiger partial charge is 0.259 e. The number of hydrogen-bond donors (Lipinski definition) is 2. The van der Waals surface area contributed by atoms with Crippen LogP contribution < -0.4 is 5.32 Å². The van der Waals surface area contributed by atoms with Crippen molar-refractivity contribution in [3.63, 3.8) is 0 Å². The summed E-state index contributed by atoms with van der Waals surface area (Å²) in [6.07, 6.45) is 0. The van der Waals surface area contributed by atoms with Gasteiger partial charge in [0.2, 0.25) is 5.91 Å². The van der Waals surface area contributed by atoms with Gasteiger partial charge in [-0.3, -0.25) is 19.7 Å². The van der Waals surface area contributed by atoms with Crippen LogP contribution >= 0.6 is 45.2 Å². The average molecular weight is 514 g/mol. The van der Waals surface area contributed by atoms with Crippen LogP contribution in [0.25, 0.3) is 0 Å². The minimum Gasteiger partial charge on any atom is -0.506 e. The molecular formula is C13H12I2N2O4. The van der Waals surface area contributed by atoms with Gasteiger partial charge in [0.25, 0.3) is 11.8 Å². The SMILES string of the molecule is CC1(C)C(=O)NC(=O)CN1C(=O)c1cc(I)cc(I)c1O. The van der Waals surface area contributed by atoms with E-state index in [1.807, 2.05) is 45.2 Å². The fourth-order valence-electron chi connectivity index (χ4n) is 1.98. The fraction of sp³-hybridized carbons (Fsp3) is 0.308. The molecule has 6 nitrogen and oxygen atoms in total. The van der Waals surface area contributed by atoms with E-state index in [1.165, 1.54) is 11.0 Å². The monoisotopic (exact) mass is 514 g/mol. The topological polar surface area (TPSA) is 86.7 Å². The number of phenols is 1. The van der Waals surface area contributed by atoms with Crippen LogP contribution in [0.1, 0.15) is 24.2 Å². The summed E-state index contributed by atoms with van der Waals surface area (Å²) in [6, 6.07) is 3.26. The third-order valence-corrected chi connectivity index (χ3v) is 4.73. The lowest BCUT2D eigenvalue weighted by molar-refractivity contribution is -0.143. The van der Waals surface area contributed by atoms with E-state index in [0.717, 1.165) is 3.57 Å². The molecule has 1 heterocycles. The molecule has 0 radical (unpaired) electrons. The van der Waals surface area contributed by atoms with Crippen molar-refractivity contribution in [2.45, 2.75) is 19.4 Å². The summed E-state index contributed by atoms with van der Waals surface area (Å²) >= 11 is 3.96. The molecule has 0 spiro atoms.